The van der Waals surface area contributed by atoms with E-state index in [9.17, 15) is 31.2 Å². The van der Waals surface area contributed by atoms with Gasteiger partial charge in [-0.3, -0.25) is 14.3 Å². The maximum Gasteiger partial charge on any atom is 0.416 e. The molecular formula is C29H20F3N3O4S2. The van der Waals surface area contributed by atoms with Crippen molar-refractivity contribution in [2.75, 3.05) is 14.9 Å². The Kier molecular flexibility index (Phi) is 7.61. The van der Waals surface area contributed by atoms with E-state index in [0.717, 1.165) is 40.9 Å². The molecule has 41 heavy (non-hydrogen) atoms. The van der Waals surface area contributed by atoms with Crippen LogP contribution < -0.4 is 14.9 Å². The molecule has 7 nitrogen and oxygen atoms in total. The van der Waals surface area contributed by atoms with E-state index >= 15 is 0 Å². The van der Waals surface area contributed by atoms with Crippen LogP contribution in [0.4, 0.5) is 30.2 Å². The van der Waals surface area contributed by atoms with Gasteiger partial charge in [0.05, 0.1) is 16.1 Å². The molecule has 208 valence electrons. The molecule has 12 heteroatoms. The fraction of sp³-hybridized carbons (Fsp3) is 0.0345. The van der Waals surface area contributed by atoms with E-state index in [1.165, 1.54) is 24.3 Å². The van der Waals surface area contributed by atoms with E-state index in [4.69, 9.17) is 0 Å². The molecule has 1 aliphatic rings. The molecule has 0 spiro atoms. The van der Waals surface area contributed by atoms with Crippen molar-refractivity contribution in [1.82, 2.24) is 0 Å². The molecule has 2 N–H and O–H groups in total. The van der Waals surface area contributed by atoms with Crippen molar-refractivity contribution < 1.29 is 31.2 Å². The van der Waals surface area contributed by atoms with Gasteiger partial charge in [0.15, 0.2) is 0 Å². The normalized spacial score (nSPS) is 14.0. The Morgan fingerprint density at radius 1 is 0.683 bits per heavy atom. The molecule has 0 atom stereocenters. The van der Waals surface area contributed by atoms with Crippen LogP contribution in [0.3, 0.4) is 0 Å². The van der Waals surface area contributed by atoms with Gasteiger partial charge < -0.3 is 5.32 Å². The van der Waals surface area contributed by atoms with Gasteiger partial charge in [0, 0.05) is 16.3 Å². The van der Waals surface area contributed by atoms with Gasteiger partial charge in [0.1, 0.15) is 10.6 Å². The Morgan fingerprint density at radius 2 is 1.27 bits per heavy atom. The van der Waals surface area contributed by atoms with Gasteiger partial charge in [0.2, 0.25) is 0 Å². The van der Waals surface area contributed by atoms with Crippen LogP contribution >= 0.6 is 11.8 Å². The molecule has 0 saturated carbocycles. The standard InChI is InChI=1S/C29H20F3N3O4S2/c30-29(31,32)19-11-15-22(16-12-19)35-27(36)25(33-20-7-3-1-4-8-20)26(28(35)37)40-23-17-13-21(14-18-23)34-41(38,39)24-9-5-2-6-10-24/h1-18,33-34H. The minimum Gasteiger partial charge on any atom is -0.350 e. The summed E-state index contributed by atoms with van der Waals surface area (Å²) in [5.74, 6) is -1.44. The van der Waals surface area contributed by atoms with Crippen LogP contribution in [0.2, 0.25) is 0 Å². The molecular weight excluding hydrogens is 575 g/mol. The summed E-state index contributed by atoms with van der Waals surface area (Å²) in [6.45, 7) is 0. The molecule has 5 rings (SSSR count). The molecule has 0 radical (unpaired) electrons. The van der Waals surface area contributed by atoms with Gasteiger partial charge in [-0.05, 0) is 72.8 Å². The maximum atomic E-state index is 13.5. The van der Waals surface area contributed by atoms with Crippen LogP contribution in [0.5, 0.6) is 0 Å². The number of benzene rings is 4. The second-order valence-electron chi connectivity index (χ2n) is 8.73. The number of alkyl halides is 3. The summed E-state index contributed by atoms with van der Waals surface area (Å²) < 4.78 is 66.9. The number of hydrogen-bond acceptors (Lipinski definition) is 6. The van der Waals surface area contributed by atoms with Crippen molar-refractivity contribution in [2.24, 2.45) is 0 Å². The fourth-order valence-electron chi connectivity index (χ4n) is 3.94. The number of carbonyl (C=O) groups excluding carboxylic acids is 2. The van der Waals surface area contributed by atoms with E-state index in [1.807, 2.05) is 0 Å². The first kappa shape index (κ1) is 28.0. The predicted octanol–water partition coefficient (Wildman–Crippen LogP) is 6.50. The number of halogens is 3. The summed E-state index contributed by atoms with van der Waals surface area (Å²) >= 11 is 0.967. The van der Waals surface area contributed by atoms with E-state index in [1.54, 1.807) is 60.7 Å². The van der Waals surface area contributed by atoms with Crippen LogP contribution in [0, 0.1) is 0 Å². The summed E-state index contributed by atoms with van der Waals surface area (Å²) in [7, 11) is -3.81. The van der Waals surface area contributed by atoms with Gasteiger partial charge in [-0.25, -0.2) is 13.3 Å². The maximum absolute atomic E-state index is 13.5. The molecule has 1 heterocycles. The summed E-state index contributed by atoms with van der Waals surface area (Å²) in [6.07, 6.45) is -4.57. The lowest BCUT2D eigenvalue weighted by molar-refractivity contribution is -0.137. The monoisotopic (exact) mass is 595 g/mol. The first-order chi connectivity index (χ1) is 19.5. The van der Waals surface area contributed by atoms with Crippen LogP contribution in [0.1, 0.15) is 5.56 Å². The van der Waals surface area contributed by atoms with Crippen LogP contribution in [0.25, 0.3) is 0 Å². The number of imide groups is 1. The van der Waals surface area contributed by atoms with Crippen molar-refractivity contribution in [2.45, 2.75) is 16.0 Å². The van der Waals surface area contributed by atoms with Crippen LogP contribution in [0.15, 0.2) is 130 Å². The number of amides is 2. The predicted molar refractivity (Wildman–Crippen MR) is 151 cm³/mol. The SMILES string of the molecule is O=C1C(Nc2ccccc2)=C(Sc2ccc(NS(=O)(=O)c3ccccc3)cc2)C(=O)N1c1ccc(C(F)(F)F)cc1. The molecule has 0 aliphatic carbocycles. The van der Waals surface area contributed by atoms with Crippen molar-refractivity contribution in [3.8, 4) is 0 Å². The number of nitrogens with zero attached hydrogens (tertiary/aromatic N) is 1. The Bertz CT molecular complexity index is 1730. The van der Waals surface area contributed by atoms with Crippen molar-refractivity contribution >= 4 is 50.7 Å². The number of anilines is 3. The van der Waals surface area contributed by atoms with Gasteiger partial charge in [0.25, 0.3) is 21.8 Å². The van der Waals surface area contributed by atoms with E-state index in [-0.39, 0.29) is 26.9 Å². The Hall–Kier alpha value is -4.55. The lowest BCUT2D eigenvalue weighted by atomic mass is 10.2. The number of hydrogen-bond donors (Lipinski definition) is 2. The first-order valence-electron chi connectivity index (χ1n) is 12.0. The molecule has 2 amide bonds. The lowest BCUT2D eigenvalue weighted by Crippen LogP contribution is -2.32. The zero-order valence-electron chi connectivity index (χ0n) is 20.9. The molecule has 1 aliphatic heterocycles. The lowest BCUT2D eigenvalue weighted by Gasteiger charge is -2.16. The Morgan fingerprint density at radius 3 is 1.85 bits per heavy atom. The zero-order valence-corrected chi connectivity index (χ0v) is 22.6. The molecule has 4 aromatic carbocycles. The van der Waals surface area contributed by atoms with Crippen molar-refractivity contribution in [3.05, 3.63) is 125 Å². The Balaban J connectivity index is 1.42. The molecule has 0 unspecified atom stereocenters. The number of nitrogens with one attached hydrogen (secondary N) is 2. The first-order valence-corrected chi connectivity index (χ1v) is 14.3. The minimum absolute atomic E-state index is 0.0124. The number of para-hydroxylation sites is 1. The molecule has 0 aromatic heterocycles. The molecule has 0 saturated heterocycles. The minimum atomic E-state index is -4.57. The van der Waals surface area contributed by atoms with Crippen molar-refractivity contribution in [1.29, 1.82) is 0 Å². The quantitative estimate of drug-likeness (QED) is 0.226. The second kappa shape index (κ2) is 11.1. The van der Waals surface area contributed by atoms with E-state index in [2.05, 4.69) is 10.0 Å². The summed E-state index contributed by atoms with van der Waals surface area (Å²) in [5.41, 5.74) is -0.146. The second-order valence-corrected chi connectivity index (χ2v) is 11.5. The van der Waals surface area contributed by atoms with Gasteiger partial charge in [-0.15, -0.1) is 0 Å². The van der Waals surface area contributed by atoms with Gasteiger partial charge in [-0.1, -0.05) is 48.2 Å². The number of thioether (sulfide) groups is 1. The van der Waals surface area contributed by atoms with E-state index in [0.29, 0.717) is 10.6 Å². The van der Waals surface area contributed by atoms with Gasteiger partial charge in [-0.2, -0.15) is 13.2 Å². The third kappa shape index (κ3) is 6.13. The fourth-order valence-corrected chi connectivity index (χ4v) is 5.94. The third-order valence-corrected chi connectivity index (χ3v) is 8.41. The molecule has 4 aromatic rings. The molecule has 0 fully saturated rings. The van der Waals surface area contributed by atoms with Gasteiger partial charge >= 0.3 is 6.18 Å². The van der Waals surface area contributed by atoms with Crippen LogP contribution in [-0.2, 0) is 25.8 Å². The number of sulfonamides is 1. The highest BCUT2D eigenvalue weighted by Crippen LogP contribution is 2.39. The highest BCUT2D eigenvalue weighted by atomic mass is 32.2. The summed E-state index contributed by atoms with van der Waals surface area (Å²) in [5, 5.41) is 2.96. The van der Waals surface area contributed by atoms with Crippen LogP contribution in [-0.4, -0.2) is 20.2 Å². The topological polar surface area (TPSA) is 95.6 Å². The number of carbonyl (C=O) groups is 2. The largest absolute Gasteiger partial charge is 0.416 e. The summed E-state index contributed by atoms with van der Waals surface area (Å²) in [4.78, 5) is 28.4. The summed E-state index contributed by atoms with van der Waals surface area (Å²) in [6, 6.07) is 26.4. The third-order valence-electron chi connectivity index (χ3n) is 5.92. The highest BCUT2D eigenvalue weighted by Gasteiger charge is 2.40. The number of rotatable bonds is 8. The van der Waals surface area contributed by atoms with Crippen molar-refractivity contribution in [3.63, 3.8) is 0 Å². The zero-order chi connectivity index (χ0) is 29.2. The molecule has 0 bridgehead atoms. The van der Waals surface area contributed by atoms with E-state index < -0.39 is 33.6 Å². The smallest absolute Gasteiger partial charge is 0.350 e. The Labute approximate surface area is 237 Å². The highest BCUT2D eigenvalue weighted by molar-refractivity contribution is 8.04. The average Bonchev–Trinajstić information content (AvgIpc) is 3.18. The average molecular weight is 596 g/mol.